The Labute approximate surface area is 153 Å². The van der Waals surface area contributed by atoms with Crippen LogP contribution in [0.4, 0.5) is 5.69 Å². The number of nitro benzene ring substituents is 1. The maximum Gasteiger partial charge on any atom is 0.358 e. The summed E-state index contributed by atoms with van der Waals surface area (Å²) in [6.45, 7) is -0.189. The molecule has 0 aliphatic carbocycles. The highest BCUT2D eigenvalue weighted by atomic mass is 32.1. The van der Waals surface area contributed by atoms with E-state index in [1.807, 2.05) is 24.3 Å². The molecular weight excluding hydrogens is 356 g/mol. The van der Waals surface area contributed by atoms with Crippen LogP contribution in [-0.4, -0.2) is 23.0 Å². The Kier molecular flexibility index (Phi) is 5.23. The van der Waals surface area contributed by atoms with Crippen LogP contribution < -0.4 is 4.74 Å². The average Bonchev–Trinajstić information content (AvgIpc) is 3.16. The summed E-state index contributed by atoms with van der Waals surface area (Å²) in [5.74, 6) is 0.105. The number of nitro groups is 1. The molecule has 2 aromatic carbocycles. The van der Waals surface area contributed by atoms with Gasteiger partial charge in [-0.2, -0.15) is 0 Å². The molecule has 3 aromatic rings. The van der Waals surface area contributed by atoms with Gasteiger partial charge in [-0.15, -0.1) is 11.3 Å². The van der Waals surface area contributed by atoms with Crippen molar-refractivity contribution in [3.05, 3.63) is 75.3 Å². The lowest BCUT2D eigenvalue weighted by Gasteiger charge is -2.04. The first kappa shape index (κ1) is 17.6. The van der Waals surface area contributed by atoms with Crippen molar-refractivity contribution in [2.75, 3.05) is 7.11 Å². The lowest BCUT2D eigenvalue weighted by Crippen LogP contribution is -2.07. The molecule has 0 radical (unpaired) electrons. The average molecular weight is 370 g/mol. The van der Waals surface area contributed by atoms with Gasteiger partial charge < -0.3 is 9.47 Å². The maximum atomic E-state index is 12.2. The molecule has 0 fully saturated rings. The fourth-order valence-electron chi connectivity index (χ4n) is 2.26. The van der Waals surface area contributed by atoms with Crippen LogP contribution in [0.1, 0.15) is 16.1 Å². The van der Waals surface area contributed by atoms with Crippen molar-refractivity contribution in [3.8, 4) is 16.3 Å². The summed E-state index contributed by atoms with van der Waals surface area (Å²) in [7, 11) is 1.59. The zero-order valence-electron chi connectivity index (χ0n) is 13.7. The second-order valence-corrected chi connectivity index (χ2v) is 6.09. The molecular formula is C18H14N2O5S. The molecule has 0 unspecified atom stereocenters. The van der Waals surface area contributed by atoms with Crippen molar-refractivity contribution in [2.24, 2.45) is 0 Å². The minimum atomic E-state index is -0.626. The van der Waals surface area contributed by atoms with E-state index in [0.29, 0.717) is 10.6 Å². The first-order valence-electron chi connectivity index (χ1n) is 7.58. The van der Waals surface area contributed by atoms with Crippen LogP contribution in [0.15, 0.2) is 53.9 Å². The summed E-state index contributed by atoms with van der Waals surface area (Å²) >= 11 is 1.31. The van der Waals surface area contributed by atoms with Crippen LogP contribution in [-0.2, 0) is 11.3 Å². The van der Waals surface area contributed by atoms with E-state index >= 15 is 0 Å². The van der Waals surface area contributed by atoms with Crippen LogP contribution >= 0.6 is 11.3 Å². The van der Waals surface area contributed by atoms with Crippen LogP contribution in [0.25, 0.3) is 10.6 Å². The highest BCUT2D eigenvalue weighted by molar-refractivity contribution is 7.13. The normalized spacial score (nSPS) is 10.3. The van der Waals surface area contributed by atoms with E-state index in [4.69, 9.17) is 9.47 Å². The monoisotopic (exact) mass is 370 g/mol. The SMILES string of the molecule is COc1ccc(-c2nc(C(=O)OCc3ccccc3[N+](=O)[O-])cs2)cc1. The second kappa shape index (κ2) is 7.75. The van der Waals surface area contributed by atoms with Crippen LogP contribution in [0.5, 0.6) is 5.75 Å². The molecule has 0 spiro atoms. The van der Waals surface area contributed by atoms with Gasteiger partial charge in [0.1, 0.15) is 17.4 Å². The number of carbonyl (C=O) groups excluding carboxylic acids is 1. The molecule has 26 heavy (non-hydrogen) atoms. The van der Waals surface area contributed by atoms with Gasteiger partial charge in [0, 0.05) is 17.0 Å². The largest absolute Gasteiger partial charge is 0.497 e. The molecule has 1 heterocycles. The molecule has 0 aliphatic heterocycles. The fraction of sp³-hybridized carbons (Fsp3) is 0.111. The smallest absolute Gasteiger partial charge is 0.358 e. The highest BCUT2D eigenvalue weighted by Crippen LogP contribution is 2.26. The molecule has 132 valence electrons. The van der Waals surface area contributed by atoms with Crippen LogP contribution in [0.2, 0.25) is 0 Å². The molecule has 3 rings (SSSR count). The summed E-state index contributed by atoms with van der Waals surface area (Å²) in [6, 6.07) is 13.4. The number of esters is 1. The number of hydrogen-bond acceptors (Lipinski definition) is 7. The van der Waals surface area contributed by atoms with E-state index in [0.717, 1.165) is 11.3 Å². The minimum Gasteiger partial charge on any atom is -0.497 e. The number of hydrogen-bond donors (Lipinski definition) is 0. The Hall–Kier alpha value is -3.26. The Bertz CT molecular complexity index is 937. The van der Waals surface area contributed by atoms with Crippen molar-refractivity contribution in [1.82, 2.24) is 4.98 Å². The minimum absolute atomic E-state index is 0.0856. The molecule has 1 aromatic heterocycles. The van der Waals surface area contributed by atoms with Gasteiger partial charge in [-0.1, -0.05) is 12.1 Å². The summed E-state index contributed by atoms with van der Waals surface area (Å²) in [5.41, 5.74) is 1.27. The van der Waals surface area contributed by atoms with Gasteiger partial charge in [-0.3, -0.25) is 10.1 Å². The molecule has 0 saturated carbocycles. The van der Waals surface area contributed by atoms with Gasteiger partial charge in [0.15, 0.2) is 5.69 Å². The molecule has 8 heteroatoms. The van der Waals surface area contributed by atoms with Crippen molar-refractivity contribution in [3.63, 3.8) is 0 Å². The second-order valence-electron chi connectivity index (χ2n) is 5.23. The predicted octanol–water partition coefficient (Wildman–Crippen LogP) is 4.08. The third-order valence-electron chi connectivity index (χ3n) is 3.60. The Morgan fingerprint density at radius 2 is 1.92 bits per heavy atom. The third kappa shape index (κ3) is 3.86. The van der Waals surface area contributed by atoms with Gasteiger partial charge in [-0.25, -0.2) is 9.78 Å². The Balaban J connectivity index is 1.69. The number of nitrogens with zero attached hydrogens (tertiary/aromatic N) is 2. The first-order chi connectivity index (χ1) is 12.6. The molecule has 0 bridgehead atoms. The molecule has 0 aliphatic rings. The number of carbonyl (C=O) groups is 1. The number of rotatable bonds is 6. The number of methoxy groups -OCH3 is 1. The maximum absolute atomic E-state index is 12.2. The predicted molar refractivity (Wildman–Crippen MR) is 96.3 cm³/mol. The molecule has 0 atom stereocenters. The standard InChI is InChI=1S/C18H14N2O5S/c1-24-14-8-6-12(7-9-14)17-19-15(11-26-17)18(21)25-10-13-4-2-3-5-16(13)20(22)23/h2-9,11H,10H2,1H3. The van der Waals surface area contributed by atoms with E-state index in [1.165, 1.54) is 17.4 Å². The van der Waals surface area contributed by atoms with Crippen molar-refractivity contribution >= 4 is 23.0 Å². The quantitative estimate of drug-likeness (QED) is 0.369. The summed E-state index contributed by atoms with van der Waals surface area (Å²) in [6.07, 6.45) is 0. The van der Waals surface area contributed by atoms with E-state index in [2.05, 4.69) is 4.98 Å². The number of benzene rings is 2. The van der Waals surface area contributed by atoms with Gasteiger partial charge in [0.25, 0.3) is 5.69 Å². The van der Waals surface area contributed by atoms with Gasteiger partial charge in [0.05, 0.1) is 17.6 Å². The molecule has 0 N–H and O–H groups in total. The Morgan fingerprint density at radius 3 is 2.62 bits per heavy atom. The van der Waals surface area contributed by atoms with E-state index in [-0.39, 0.29) is 18.0 Å². The number of thiazole rings is 1. The third-order valence-corrected chi connectivity index (χ3v) is 4.49. The summed E-state index contributed by atoms with van der Waals surface area (Å²) in [4.78, 5) is 26.9. The zero-order valence-corrected chi connectivity index (χ0v) is 14.6. The Morgan fingerprint density at radius 1 is 1.19 bits per heavy atom. The lowest BCUT2D eigenvalue weighted by atomic mass is 10.2. The number of ether oxygens (including phenoxy) is 2. The van der Waals surface area contributed by atoms with E-state index < -0.39 is 10.9 Å². The van der Waals surface area contributed by atoms with E-state index in [1.54, 1.807) is 30.7 Å². The first-order valence-corrected chi connectivity index (χ1v) is 8.46. The summed E-state index contributed by atoms with van der Waals surface area (Å²) in [5, 5.41) is 13.3. The van der Waals surface area contributed by atoms with Crippen molar-refractivity contribution in [1.29, 1.82) is 0 Å². The highest BCUT2D eigenvalue weighted by Gasteiger charge is 2.17. The van der Waals surface area contributed by atoms with Crippen molar-refractivity contribution < 1.29 is 19.2 Å². The number of para-hydroxylation sites is 1. The zero-order chi connectivity index (χ0) is 18.5. The van der Waals surface area contributed by atoms with Gasteiger partial charge in [0.2, 0.25) is 0 Å². The summed E-state index contributed by atoms with van der Waals surface area (Å²) < 4.78 is 10.3. The number of aromatic nitrogens is 1. The molecule has 0 saturated heterocycles. The van der Waals surface area contributed by atoms with Crippen molar-refractivity contribution in [2.45, 2.75) is 6.61 Å². The van der Waals surface area contributed by atoms with E-state index in [9.17, 15) is 14.9 Å². The van der Waals surface area contributed by atoms with Crippen LogP contribution in [0.3, 0.4) is 0 Å². The van der Waals surface area contributed by atoms with Crippen LogP contribution in [0, 0.1) is 10.1 Å². The molecule has 7 nitrogen and oxygen atoms in total. The lowest BCUT2D eigenvalue weighted by molar-refractivity contribution is -0.385. The molecule has 0 amide bonds. The van der Waals surface area contributed by atoms with Gasteiger partial charge >= 0.3 is 5.97 Å². The fourth-order valence-corrected chi connectivity index (χ4v) is 3.06. The topological polar surface area (TPSA) is 91.6 Å². The van der Waals surface area contributed by atoms with Gasteiger partial charge in [-0.05, 0) is 30.3 Å².